The topological polar surface area (TPSA) is 33.5 Å². The molecule has 10 heteroatoms. The van der Waals surface area contributed by atoms with E-state index in [0.29, 0.717) is 53.9 Å². The van der Waals surface area contributed by atoms with Gasteiger partial charge in [-0.05, 0) is 51.6 Å². The lowest BCUT2D eigenvalue weighted by molar-refractivity contribution is -0.182. The molecule has 188 valence electrons. The average Bonchev–Trinajstić information content (AvgIpc) is 3.36. The number of piperidine rings is 1. The molecule has 2 aliphatic heterocycles. The molecule has 4 heterocycles. The summed E-state index contributed by atoms with van der Waals surface area (Å²) in [5.41, 5.74) is 2.48. The van der Waals surface area contributed by atoms with E-state index in [1.54, 1.807) is 10.7 Å². The molecule has 3 aromatic rings. The number of halogens is 4. The standard InChI is InChI=1S/C25H28ClF3N4OS/c1-16-18(14-33(30-16)22-17(12-31(2)3)5-4-6-20(22)27)13-32-9-7-24(8-10-32)23-19(11-21(26)35-23)25(28,29)15-34-24/h4-6,11,14H,7-10,12-13,15H2,1-3H3. The number of aromatic nitrogens is 2. The predicted octanol–water partition coefficient (Wildman–Crippen LogP) is 5.71. The van der Waals surface area contributed by atoms with Gasteiger partial charge in [0.15, 0.2) is 0 Å². The van der Waals surface area contributed by atoms with E-state index in [2.05, 4.69) is 10.00 Å². The van der Waals surface area contributed by atoms with Gasteiger partial charge in [-0.1, -0.05) is 23.7 Å². The Hall–Kier alpha value is -1.91. The number of hydrogen-bond donors (Lipinski definition) is 0. The number of benzene rings is 1. The highest BCUT2D eigenvalue weighted by Crippen LogP contribution is 2.52. The number of fused-ring (bicyclic) bond motifs is 2. The second kappa shape index (κ2) is 9.19. The zero-order valence-electron chi connectivity index (χ0n) is 20.0. The summed E-state index contributed by atoms with van der Waals surface area (Å²) in [5.74, 6) is -3.32. The van der Waals surface area contributed by atoms with E-state index in [0.717, 1.165) is 16.8 Å². The highest BCUT2D eigenvalue weighted by molar-refractivity contribution is 7.16. The molecule has 35 heavy (non-hydrogen) atoms. The lowest BCUT2D eigenvalue weighted by atomic mass is 9.84. The number of nitrogens with zero attached hydrogens (tertiary/aromatic N) is 4. The molecular weight excluding hydrogens is 497 g/mol. The van der Waals surface area contributed by atoms with Gasteiger partial charge in [-0.25, -0.2) is 9.07 Å². The minimum absolute atomic E-state index is 0.0164. The van der Waals surface area contributed by atoms with Gasteiger partial charge in [0.25, 0.3) is 5.92 Å². The highest BCUT2D eigenvalue weighted by Gasteiger charge is 2.51. The molecule has 2 aromatic heterocycles. The molecule has 5 nitrogen and oxygen atoms in total. The molecule has 0 bridgehead atoms. The molecule has 1 saturated heterocycles. The molecule has 0 N–H and O–H groups in total. The van der Waals surface area contributed by atoms with Gasteiger partial charge in [0, 0.05) is 48.4 Å². The smallest absolute Gasteiger partial charge is 0.297 e. The van der Waals surface area contributed by atoms with Crippen LogP contribution in [0.2, 0.25) is 4.34 Å². The molecule has 0 atom stereocenters. The first kappa shape index (κ1) is 24.8. The summed E-state index contributed by atoms with van der Waals surface area (Å²) in [6.45, 7) is 3.94. The Morgan fingerprint density at radius 1 is 1.20 bits per heavy atom. The molecule has 0 saturated carbocycles. The molecule has 0 aliphatic carbocycles. The fraction of sp³-hybridized carbons (Fsp3) is 0.480. The number of rotatable bonds is 5. The molecule has 0 amide bonds. The minimum Gasteiger partial charge on any atom is -0.363 e. The Bertz CT molecular complexity index is 1230. The van der Waals surface area contributed by atoms with Crippen molar-refractivity contribution in [2.75, 3.05) is 33.8 Å². The van der Waals surface area contributed by atoms with E-state index >= 15 is 0 Å². The maximum atomic E-state index is 14.8. The molecule has 1 fully saturated rings. The molecule has 1 spiro atoms. The Morgan fingerprint density at radius 3 is 2.66 bits per heavy atom. The molecule has 0 radical (unpaired) electrons. The van der Waals surface area contributed by atoms with Gasteiger partial charge >= 0.3 is 0 Å². The lowest BCUT2D eigenvalue weighted by Crippen LogP contribution is -2.48. The van der Waals surface area contributed by atoms with Crippen molar-refractivity contribution in [3.05, 3.63) is 67.9 Å². The zero-order valence-corrected chi connectivity index (χ0v) is 21.5. The average molecular weight is 525 g/mol. The molecule has 1 aromatic carbocycles. The van der Waals surface area contributed by atoms with Crippen molar-refractivity contribution in [3.8, 4) is 5.69 Å². The van der Waals surface area contributed by atoms with E-state index in [4.69, 9.17) is 16.3 Å². The largest absolute Gasteiger partial charge is 0.363 e. The summed E-state index contributed by atoms with van der Waals surface area (Å²) >= 11 is 7.32. The van der Waals surface area contributed by atoms with Gasteiger partial charge in [0.2, 0.25) is 0 Å². The SMILES string of the molecule is Cc1nn(-c2c(F)cccc2CN(C)C)cc1CN1CCC2(CC1)OCC(F)(F)c1cc(Cl)sc12. The molecule has 5 rings (SSSR count). The maximum Gasteiger partial charge on any atom is 0.297 e. The van der Waals surface area contributed by atoms with Crippen molar-refractivity contribution in [3.63, 3.8) is 0 Å². The van der Waals surface area contributed by atoms with Crippen molar-refractivity contribution < 1.29 is 17.9 Å². The predicted molar refractivity (Wildman–Crippen MR) is 131 cm³/mol. The Morgan fingerprint density at radius 2 is 1.94 bits per heavy atom. The van der Waals surface area contributed by atoms with Gasteiger partial charge < -0.3 is 9.64 Å². The van der Waals surface area contributed by atoms with Gasteiger partial charge in [-0.15, -0.1) is 11.3 Å². The van der Waals surface area contributed by atoms with Crippen LogP contribution in [0.15, 0.2) is 30.5 Å². The van der Waals surface area contributed by atoms with Crippen LogP contribution in [0.1, 0.15) is 40.1 Å². The molecule has 2 aliphatic rings. The van der Waals surface area contributed by atoms with E-state index in [1.807, 2.05) is 38.2 Å². The summed E-state index contributed by atoms with van der Waals surface area (Å²) in [6.07, 6.45) is 3.12. The van der Waals surface area contributed by atoms with Crippen molar-refractivity contribution in [1.29, 1.82) is 0 Å². The first-order valence-corrected chi connectivity index (χ1v) is 12.8. The van der Waals surface area contributed by atoms with Gasteiger partial charge in [-0.2, -0.15) is 13.9 Å². The van der Waals surface area contributed by atoms with Crippen LogP contribution in [0, 0.1) is 12.7 Å². The molecular formula is C25H28ClF3N4OS. The first-order valence-electron chi connectivity index (χ1n) is 11.6. The van der Waals surface area contributed by atoms with Crippen molar-refractivity contribution in [1.82, 2.24) is 19.6 Å². The van der Waals surface area contributed by atoms with Crippen LogP contribution >= 0.6 is 22.9 Å². The Labute approximate surface area is 212 Å². The summed E-state index contributed by atoms with van der Waals surface area (Å²) < 4.78 is 51.4. The number of para-hydroxylation sites is 1. The van der Waals surface area contributed by atoms with Crippen LogP contribution in [0.5, 0.6) is 0 Å². The van der Waals surface area contributed by atoms with Crippen LogP contribution in [-0.4, -0.2) is 53.4 Å². The van der Waals surface area contributed by atoms with Crippen LogP contribution in [0.4, 0.5) is 13.2 Å². The minimum atomic E-state index is -3.01. The van der Waals surface area contributed by atoms with Crippen molar-refractivity contribution >= 4 is 22.9 Å². The van der Waals surface area contributed by atoms with Gasteiger partial charge in [0.05, 0.1) is 10.0 Å². The zero-order chi connectivity index (χ0) is 25.0. The van der Waals surface area contributed by atoms with Crippen LogP contribution < -0.4 is 0 Å². The van der Waals surface area contributed by atoms with E-state index < -0.39 is 18.1 Å². The molecule has 0 unspecified atom stereocenters. The van der Waals surface area contributed by atoms with E-state index in [1.165, 1.54) is 23.5 Å². The highest BCUT2D eigenvalue weighted by atomic mass is 35.5. The number of likely N-dealkylation sites (tertiary alicyclic amines) is 1. The van der Waals surface area contributed by atoms with Crippen LogP contribution in [-0.2, 0) is 29.3 Å². The summed E-state index contributed by atoms with van der Waals surface area (Å²) in [4.78, 5) is 4.83. The number of aryl methyl sites for hydroxylation is 1. The third-order valence-electron chi connectivity index (χ3n) is 6.88. The summed E-state index contributed by atoms with van der Waals surface area (Å²) in [7, 11) is 3.89. The van der Waals surface area contributed by atoms with E-state index in [-0.39, 0.29) is 11.4 Å². The number of alkyl halides is 2. The van der Waals surface area contributed by atoms with Crippen molar-refractivity contribution in [2.24, 2.45) is 0 Å². The second-order valence-electron chi connectivity index (χ2n) is 9.73. The number of hydrogen-bond acceptors (Lipinski definition) is 5. The van der Waals surface area contributed by atoms with Crippen LogP contribution in [0.25, 0.3) is 5.69 Å². The normalized spacial score (nSPS) is 19.4. The second-order valence-corrected chi connectivity index (χ2v) is 11.4. The Kier molecular flexibility index (Phi) is 6.51. The Balaban J connectivity index is 1.33. The summed E-state index contributed by atoms with van der Waals surface area (Å²) in [6, 6.07) is 6.48. The van der Waals surface area contributed by atoms with Gasteiger partial charge in [0.1, 0.15) is 23.7 Å². The van der Waals surface area contributed by atoms with Gasteiger partial charge in [-0.3, -0.25) is 4.90 Å². The third-order valence-corrected chi connectivity index (χ3v) is 8.33. The quantitative estimate of drug-likeness (QED) is 0.428. The lowest BCUT2D eigenvalue weighted by Gasteiger charge is -2.45. The summed E-state index contributed by atoms with van der Waals surface area (Å²) in [5, 5.41) is 4.62. The third kappa shape index (κ3) is 4.64. The van der Waals surface area contributed by atoms with Crippen molar-refractivity contribution in [2.45, 2.75) is 44.4 Å². The number of ether oxygens (including phenoxy) is 1. The fourth-order valence-corrected chi connectivity index (χ4v) is 6.56. The first-order chi connectivity index (χ1) is 16.6. The monoisotopic (exact) mass is 524 g/mol. The van der Waals surface area contributed by atoms with E-state index in [9.17, 15) is 13.2 Å². The maximum absolute atomic E-state index is 14.8. The van der Waals surface area contributed by atoms with Crippen LogP contribution in [0.3, 0.4) is 0 Å². The fourth-order valence-electron chi connectivity index (χ4n) is 5.08. The number of thiophene rings is 1.